The Hall–Kier alpha value is -12.9. The molecule has 0 fully saturated rings. The average molecular weight is 1730 g/mol. The van der Waals surface area contributed by atoms with Crippen molar-refractivity contribution in [2.75, 3.05) is 0 Å². The number of aromatic nitrogens is 8. The van der Waals surface area contributed by atoms with Gasteiger partial charge in [0.2, 0.25) is 0 Å². The van der Waals surface area contributed by atoms with Gasteiger partial charge in [0.1, 0.15) is 0 Å². The minimum Gasteiger partial charge on any atom is -0.354 e. The van der Waals surface area contributed by atoms with E-state index in [0.717, 1.165) is 219 Å². The number of rotatable bonds is 13. The van der Waals surface area contributed by atoms with Crippen LogP contribution in [0.3, 0.4) is 0 Å². The zero-order chi connectivity index (χ0) is 94.0. The summed E-state index contributed by atoms with van der Waals surface area (Å²) in [4.78, 5) is 39.7. The molecule has 10 heterocycles. The number of aryl methyl sites for hydroxylation is 8. The van der Waals surface area contributed by atoms with Crippen molar-refractivity contribution in [2.24, 2.45) is 0 Å². The Morgan fingerprint density at radius 1 is 0.258 bits per heavy atom. The van der Waals surface area contributed by atoms with Crippen molar-refractivity contribution in [2.45, 2.75) is 267 Å². The van der Waals surface area contributed by atoms with Crippen molar-refractivity contribution in [3.63, 3.8) is 0 Å². The second kappa shape index (κ2) is 35.0. The van der Waals surface area contributed by atoms with Gasteiger partial charge in [0.05, 0.1) is 67.6 Å². The summed E-state index contributed by atoms with van der Waals surface area (Å²) in [6.45, 7) is 64.5. The van der Waals surface area contributed by atoms with Gasteiger partial charge in [-0.2, -0.15) is 0 Å². The van der Waals surface area contributed by atoms with Crippen LogP contribution in [-0.2, 0) is 47.3 Å². The molecular formula is C124H132N8. The summed E-state index contributed by atoms with van der Waals surface area (Å²) in [5, 5.41) is 2.25. The molecule has 8 nitrogen and oxygen atoms in total. The fourth-order valence-corrected chi connectivity index (χ4v) is 21.1. The fraction of sp³-hybridized carbons (Fsp3) is 0.323. The monoisotopic (exact) mass is 1730 g/mol. The van der Waals surface area contributed by atoms with Crippen LogP contribution >= 0.6 is 0 Å². The molecule has 4 aliphatic rings. The number of benzene rings is 7. The highest BCUT2D eigenvalue weighted by Crippen LogP contribution is 2.50. The van der Waals surface area contributed by atoms with Gasteiger partial charge in [-0.1, -0.05) is 265 Å². The van der Waals surface area contributed by atoms with Crippen LogP contribution in [0.2, 0.25) is 0 Å². The van der Waals surface area contributed by atoms with Crippen LogP contribution in [-0.4, -0.2) is 39.9 Å². The third-order valence-corrected chi connectivity index (χ3v) is 29.0. The van der Waals surface area contributed by atoms with E-state index >= 15 is 0 Å². The zero-order valence-electron chi connectivity index (χ0n) is 83.6. The number of allylic oxidation sites excluding steroid dienone is 8. The molecule has 4 aliphatic heterocycles. The fourth-order valence-electron chi connectivity index (χ4n) is 21.1. The van der Waals surface area contributed by atoms with Crippen LogP contribution in [0.1, 0.15) is 326 Å². The third kappa shape index (κ3) is 16.3. The molecular weight excluding hydrogens is 1600 g/mol. The van der Waals surface area contributed by atoms with Gasteiger partial charge in [0.15, 0.2) is 0 Å². The Morgan fingerprint density at radius 2 is 0.515 bits per heavy atom. The number of H-pyrrole nitrogens is 4. The molecule has 4 N–H and O–H groups in total. The van der Waals surface area contributed by atoms with E-state index in [4.69, 9.17) is 19.9 Å². The van der Waals surface area contributed by atoms with E-state index in [9.17, 15) is 0 Å². The molecule has 0 unspecified atom stereocenters. The highest BCUT2D eigenvalue weighted by molar-refractivity contribution is 6.08. The van der Waals surface area contributed by atoms with E-state index in [2.05, 4.69) is 407 Å². The smallest absolute Gasteiger partial charge is 0.0769 e. The summed E-state index contributed by atoms with van der Waals surface area (Å²) in [5.41, 5.74) is 56.7. The van der Waals surface area contributed by atoms with Gasteiger partial charge < -0.3 is 19.9 Å². The van der Waals surface area contributed by atoms with Crippen molar-refractivity contribution in [1.82, 2.24) is 39.9 Å². The molecule has 13 aromatic rings. The maximum absolute atomic E-state index is 5.82. The second-order valence-corrected chi connectivity index (χ2v) is 41.3. The molecule has 8 heteroatoms. The van der Waals surface area contributed by atoms with E-state index in [-0.39, 0.29) is 21.7 Å². The number of aromatic amines is 4. The van der Waals surface area contributed by atoms with E-state index < -0.39 is 0 Å². The van der Waals surface area contributed by atoms with Gasteiger partial charge in [0.25, 0.3) is 0 Å². The quantitative estimate of drug-likeness (QED) is 0.0861. The minimum atomic E-state index is -0.0779. The van der Waals surface area contributed by atoms with Crippen LogP contribution < -0.4 is 0 Å². The van der Waals surface area contributed by atoms with E-state index in [0.29, 0.717) is 0 Å². The summed E-state index contributed by atoms with van der Waals surface area (Å²) < 4.78 is 0. The van der Waals surface area contributed by atoms with Crippen molar-refractivity contribution in [3.8, 4) is 79.3 Å². The van der Waals surface area contributed by atoms with Crippen LogP contribution in [0, 0.1) is 51.4 Å². The van der Waals surface area contributed by atoms with Crippen LogP contribution in [0.5, 0.6) is 0 Å². The summed E-state index contributed by atoms with van der Waals surface area (Å²) >= 11 is 0. The van der Waals surface area contributed by atoms with Crippen LogP contribution in [0.15, 0.2) is 170 Å². The molecule has 0 aliphatic carbocycles. The lowest BCUT2D eigenvalue weighted by atomic mass is 9.78. The molecule has 0 spiro atoms. The summed E-state index contributed by atoms with van der Waals surface area (Å²) in [5.74, 6) is 14.4. The Labute approximate surface area is 784 Å². The Kier molecular flexibility index (Phi) is 24.1. The van der Waals surface area contributed by atoms with Gasteiger partial charge in [-0.25, -0.2) is 19.9 Å². The number of nitrogens with zero attached hydrogens (tertiary/aromatic N) is 4. The molecule has 0 radical (unpaired) electrons. The first-order chi connectivity index (χ1) is 62.9. The molecule has 0 saturated carbocycles. The lowest BCUT2D eigenvalue weighted by molar-refractivity contribution is 0.568. The SMILES string of the molecule is CCC1=C(C)c2nc1cc1[nH]c(c(C)c1CC)c(-c1ccc(C#Cc3ccc(-c4ccc(C#Cc5ccc(-c6c7nc(cc8[nH]c(c(C)c8CC)c(-c8cc(C(C)(C)C)cc(C(C)(C)C)c8)c8nc(cc9[nH]c6c(C)c9CC)C(CC)=C8C)C(CC)=C7C)cc5)c5ccccc45)cc3)cc1)c1nc(cc3[nH]c(c(C)c3CC)c2-c2cc(C(C)(C)C)cc(C(C)(C)C)c2)C(CC)=C1C. The van der Waals surface area contributed by atoms with Crippen molar-refractivity contribution in [1.29, 1.82) is 0 Å². The number of nitrogens with one attached hydrogen (secondary N) is 4. The van der Waals surface area contributed by atoms with Crippen molar-refractivity contribution < 1.29 is 0 Å². The first-order valence-corrected chi connectivity index (χ1v) is 48.5. The topological polar surface area (TPSA) is 115 Å². The van der Waals surface area contributed by atoms with Gasteiger partial charge >= 0.3 is 0 Å². The van der Waals surface area contributed by atoms with Gasteiger partial charge in [-0.05, 0) is 351 Å². The Bertz CT molecular complexity index is 7540. The average Bonchev–Trinajstić information content (AvgIpc) is 1.59. The van der Waals surface area contributed by atoms with E-state index in [1.807, 2.05) is 0 Å². The van der Waals surface area contributed by atoms with E-state index in [1.54, 1.807) is 0 Å². The lowest BCUT2D eigenvalue weighted by Gasteiger charge is -2.26. The number of hydrogen-bond donors (Lipinski definition) is 4. The normalized spacial score (nSPS) is 13.3. The molecule has 6 aromatic heterocycles. The predicted octanol–water partition coefficient (Wildman–Crippen LogP) is 33.3. The molecule has 0 amide bonds. The molecule has 0 atom stereocenters. The minimum absolute atomic E-state index is 0.0768. The van der Waals surface area contributed by atoms with Crippen LogP contribution in [0.25, 0.3) is 155 Å². The number of hydrogen-bond acceptors (Lipinski definition) is 4. The molecule has 132 heavy (non-hydrogen) atoms. The molecule has 0 saturated heterocycles. The van der Waals surface area contributed by atoms with Crippen LogP contribution in [0.4, 0.5) is 0 Å². The highest BCUT2D eigenvalue weighted by atomic mass is 14.8. The molecule has 7 aromatic carbocycles. The standard InChI is InChI=1S/C124H132N8/c1-29-90-69(9)113-109(114-70(10)91(30-2)102(126-114)66-106-95(34-6)74(14)118(130-106)111(117-73(13)94(33-5)105(129-117)65-101(90)125-113)84-59-86(121(17,18)19)63-87(60-84)122(20,21)22)82-53-46-78(47-54-82)42-41-77-43-50-80(51-44-77)99-58-57-81(98-39-37-38-40-100(98)99)52-45-79-48-55-83(56-49-79)110-115-71(11)92(31-3)103(127-115)67-107-96(35-7)75(15)119(131-107)112(85-61-88(123(23,24)25)64-89(62-85)124(26,27)28)120-76(16)97(36-8)108(132-120)68-104-93(32-4)72(12)116(110)128-104/h37-40,43-44,46-51,53-68,125,127,130,132H,29-36H2,1-28H3. The van der Waals surface area contributed by atoms with Crippen molar-refractivity contribution in [3.05, 3.63) is 304 Å². The Morgan fingerprint density at radius 3 is 0.780 bits per heavy atom. The first kappa shape index (κ1) is 91.0. The van der Waals surface area contributed by atoms with E-state index in [1.165, 1.54) is 122 Å². The first-order valence-electron chi connectivity index (χ1n) is 48.5. The third-order valence-electron chi connectivity index (χ3n) is 29.0. The largest absolute Gasteiger partial charge is 0.354 e. The Balaban J connectivity index is 0.707. The predicted molar refractivity (Wildman–Crippen MR) is 567 cm³/mol. The maximum Gasteiger partial charge on any atom is 0.0769 e. The molecule has 16 bridgehead atoms. The zero-order valence-corrected chi connectivity index (χ0v) is 83.6. The lowest BCUT2D eigenvalue weighted by Crippen LogP contribution is -2.16. The molecule has 668 valence electrons. The van der Waals surface area contributed by atoms with Gasteiger partial charge in [-0.15, -0.1) is 0 Å². The highest BCUT2D eigenvalue weighted by Gasteiger charge is 2.33. The van der Waals surface area contributed by atoms with Gasteiger partial charge in [0, 0.05) is 66.6 Å². The van der Waals surface area contributed by atoms with Gasteiger partial charge in [-0.3, -0.25) is 0 Å². The maximum atomic E-state index is 5.82. The second-order valence-electron chi connectivity index (χ2n) is 41.3. The van der Waals surface area contributed by atoms with Crippen molar-refractivity contribution >= 4 is 99.5 Å². The number of fused-ring (bicyclic) bond motifs is 17. The summed E-state index contributed by atoms with van der Waals surface area (Å²) in [7, 11) is 0. The summed E-state index contributed by atoms with van der Waals surface area (Å²) in [6.07, 6.45) is 6.76. The molecule has 17 rings (SSSR count). The summed E-state index contributed by atoms with van der Waals surface area (Å²) in [6, 6.07) is 63.4.